The Labute approximate surface area is 107 Å². The zero-order chi connectivity index (χ0) is 12.5. The molecule has 0 bridgehead atoms. The van der Waals surface area contributed by atoms with Gasteiger partial charge < -0.3 is 5.73 Å². The van der Waals surface area contributed by atoms with Crippen molar-refractivity contribution in [2.24, 2.45) is 0 Å². The zero-order valence-corrected chi connectivity index (χ0v) is 10.4. The molecule has 0 atom stereocenters. The van der Waals surface area contributed by atoms with Crippen molar-refractivity contribution >= 4 is 16.5 Å². The fraction of sp³-hybridized carbons (Fsp3) is 0.0588. The molecule has 0 radical (unpaired) electrons. The highest BCUT2D eigenvalue weighted by Crippen LogP contribution is 2.28. The first-order chi connectivity index (χ1) is 8.74. The minimum Gasteiger partial charge on any atom is -0.399 e. The van der Waals surface area contributed by atoms with Crippen molar-refractivity contribution in [1.82, 2.24) is 0 Å². The van der Waals surface area contributed by atoms with Gasteiger partial charge in [-0.1, -0.05) is 42.5 Å². The Balaban J connectivity index is 2.19. The lowest BCUT2D eigenvalue weighted by Gasteiger charge is -2.08. The predicted octanol–water partition coefficient (Wildman–Crippen LogP) is 4.40. The predicted molar refractivity (Wildman–Crippen MR) is 78.5 cm³/mol. The molecule has 2 N–H and O–H groups in total. The zero-order valence-electron chi connectivity index (χ0n) is 10.4. The normalized spacial score (nSPS) is 10.7. The molecule has 0 saturated carbocycles. The molecular formula is C17H15N. The fourth-order valence-corrected chi connectivity index (χ4v) is 2.37. The molecule has 3 rings (SSSR count). The molecule has 3 aromatic rings. The van der Waals surface area contributed by atoms with E-state index in [1.54, 1.807) is 0 Å². The number of rotatable bonds is 1. The van der Waals surface area contributed by atoms with Gasteiger partial charge in [-0.25, -0.2) is 0 Å². The summed E-state index contributed by atoms with van der Waals surface area (Å²) < 4.78 is 0. The summed E-state index contributed by atoms with van der Waals surface area (Å²) in [4.78, 5) is 0. The number of fused-ring (bicyclic) bond motifs is 1. The molecule has 0 spiro atoms. The first kappa shape index (κ1) is 10.8. The van der Waals surface area contributed by atoms with Gasteiger partial charge in [-0.3, -0.25) is 0 Å². The summed E-state index contributed by atoms with van der Waals surface area (Å²) in [7, 11) is 0. The highest BCUT2D eigenvalue weighted by atomic mass is 14.5. The number of nitrogen functional groups attached to an aromatic ring is 1. The number of anilines is 1. The summed E-state index contributed by atoms with van der Waals surface area (Å²) >= 11 is 0. The summed E-state index contributed by atoms with van der Waals surface area (Å²) in [5, 5.41) is 2.54. The van der Waals surface area contributed by atoms with Crippen molar-refractivity contribution in [3.63, 3.8) is 0 Å². The maximum Gasteiger partial charge on any atom is 0.0317 e. The molecule has 0 saturated heterocycles. The average Bonchev–Trinajstić information content (AvgIpc) is 2.38. The molecular weight excluding hydrogens is 218 g/mol. The number of benzene rings is 3. The van der Waals surface area contributed by atoms with E-state index in [1.165, 1.54) is 27.5 Å². The van der Waals surface area contributed by atoms with Gasteiger partial charge in [0.2, 0.25) is 0 Å². The molecule has 88 valence electrons. The third-order valence-corrected chi connectivity index (χ3v) is 3.31. The molecule has 1 nitrogen and oxygen atoms in total. The van der Waals surface area contributed by atoms with E-state index >= 15 is 0 Å². The summed E-state index contributed by atoms with van der Waals surface area (Å²) in [6, 6.07) is 21.0. The van der Waals surface area contributed by atoms with E-state index in [9.17, 15) is 0 Å². The van der Waals surface area contributed by atoms with Crippen LogP contribution in [0.15, 0.2) is 60.7 Å². The fourth-order valence-electron chi connectivity index (χ4n) is 2.37. The van der Waals surface area contributed by atoms with Crippen LogP contribution < -0.4 is 5.73 Å². The van der Waals surface area contributed by atoms with Crippen LogP contribution in [0, 0.1) is 6.92 Å². The molecule has 0 aliphatic carbocycles. The smallest absolute Gasteiger partial charge is 0.0317 e. The maximum atomic E-state index is 5.80. The van der Waals surface area contributed by atoms with Gasteiger partial charge in [-0.15, -0.1) is 0 Å². The summed E-state index contributed by atoms with van der Waals surface area (Å²) in [5.41, 5.74) is 10.3. The van der Waals surface area contributed by atoms with Crippen LogP contribution in [0.1, 0.15) is 5.56 Å². The first-order valence-electron chi connectivity index (χ1n) is 6.09. The molecule has 18 heavy (non-hydrogen) atoms. The topological polar surface area (TPSA) is 26.0 Å². The van der Waals surface area contributed by atoms with E-state index in [0.717, 1.165) is 5.69 Å². The third-order valence-electron chi connectivity index (χ3n) is 3.31. The van der Waals surface area contributed by atoms with Gasteiger partial charge in [-0.05, 0) is 52.6 Å². The van der Waals surface area contributed by atoms with Gasteiger partial charge in [0.25, 0.3) is 0 Å². The largest absolute Gasteiger partial charge is 0.399 e. The van der Waals surface area contributed by atoms with E-state index in [1.807, 2.05) is 12.1 Å². The van der Waals surface area contributed by atoms with Crippen LogP contribution in [0.25, 0.3) is 21.9 Å². The van der Waals surface area contributed by atoms with Crippen molar-refractivity contribution in [3.05, 3.63) is 66.2 Å². The molecule has 3 aromatic carbocycles. The van der Waals surface area contributed by atoms with E-state index in [4.69, 9.17) is 5.73 Å². The summed E-state index contributed by atoms with van der Waals surface area (Å²) in [6.07, 6.45) is 0. The molecule has 0 aliphatic rings. The van der Waals surface area contributed by atoms with Gasteiger partial charge in [0, 0.05) is 5.69 Å². The second-order valence-corrected chi connectivity index (χ2v) is 4.64. The van der Waals surface area contributed by atoms with E-state index < -0.39 is 0 Å². The molecule has 1 heteroatoms. The number of hydrogen-bond acceptors (Lipinski definition) is 1. The van der Waals surface area contributed by atoms with Crippen LogP contribution in [-0.2, 0) is 0 Å². The lowest BCUT2D eigenvalue weighted by molar-refractivity contribution is 1.46. The molecule has 0 aromatic heterocycles. The average molecular weight is 233 g/mol. The summed E-state index contributed by atoms with van der Waals surface area (Å²) in [6.45, 7) is 2.10. The van der Waals surface area contributed by atoms with Crippen LogP contribution in [0.5, 0.6) is 0 Å². The molecule has 0 heterocycles. The lowest BCUT2D eigenvalue weighted by Crippen LogP contribution is -1.88. The Hall–Kier alpha value is -2.28. The highest BCUT2D eigenvalue weighted by Gasteiger charge is 2.03. The third kappa shape index (κ3) is 1.84. The monoisotopic (exact) mass is 233 g/mol. The van der Waals surface area contributed by atoms with Gasteiger partial charge in [0.05, 0.1) is 0 Å². The van der Waals surface area contributed by atoms with Gasteiger partial charge in [0.15, 0.2) is 0 Å². The SMILES string of the molecule is Cc1cc(N)ccc1-c1ccc2ccccc2c1. The Bertz CT molecular complexity index is 714. The second-order valence-electron chi connectivity index (χ2n) is 4.64. The molecule has 0 amide bonds. The Morgan fingerprint density at radius 2 is 1.56 bits per heavy atom. The maximum absolute atomic E-state index is 5.80. The van der Waals surface area contributed by atoms with Crippen LogP contribution in [-0.4, -0.2) is 0 Å². The lowest BCUT2D eigenvalue weighted by atomic mass is 9.97. The van der Waals surface area contributed by atoms with Crippen LogP contribution >= 0.6 is 0 Å². The second kappa shape index (κ2) is 4.19. The molecule has 0 fully saturated rings. The summed E-state index contributed by atoms with van der Waals surface area (Å²) in [5.74, 6) is 0. The number of hydrogen-bond donors (Lipinski definition) is 1. The molecule has 0 unspecified atom stereocenters. The van der Waals surface area contributed by atoms with Crippen molar-refractivity contribution in [3.8, 4) is 11.1 Å². The highest BCUT2D eigenvalue weighted by molar-refractivity contribution is 5.87. The first-order valence-corrected chi connectivity index (χ1v) is 6.09. The number of aryl methyl sites for hydroxylation is 1. The number of nitrogens with two attached hydrogens (primary N) is 1. The van der Waals surface area contributed by atoms with Crippen molar-refractivity contribution in [2.75, 3.05) is 5.73 Å². The van der Waals surface area contributed by atoms with Crippen LogP contribution in [0.4, 0.5) is 5.69 Å². The van der Waals surface area contributed by atoms with E-state index in [0.29, 0.717) is 0 Å². The molecule has 0 aliphatic heterocycles. The van der Waals surface area contributed by atoms with Crippen molar-refractivity contribution in [1.29, 1.82) is 0 Å². The van der Waals surface area contributed by atoms with Gasteiger partial charge in [0.1, 0.15) is 0 Å². The van der Waals surface area contributed by atoms with Gasteiger partial charge in [-0.2, -0.15) is 0 Å². The Morgan fingerprint density at radius 3 is 2.33 bits per heavy atom. The Morgan fingerprint density at radius 1 is 0.778 bits per heavy atom. The van der Waals surface area contributed by atoms with Crippen molar-refractivity contribution in [2.45, 2.75) is 6.92 Å². The Kier molecular flexibility index (Phi) is 2.52. The van der Waals surface area contributed by atoms with E-state index in [-0.39, 0.29) is 0 Å². The quantitative estimate of drug-likeness (QED) is 0.619. The minimum atomic E-state index is 0.817. The van der Waals surface area contributed by atoms with Crippen LogP contribution in [0.3, 0.4) is 0 Å². The minimum absolute atomic E-state index is 0.817. The van der Waals surface area contributed by atoms with E-state index in [2.05, 4.69) is 55.5 Å². The van der Waals surface area contributed by atoms with Crippen molar-refractivity contribution < 1.29 is 0 Å². The standard InChI is InChI=1S/C17H15N/c1-12-10-16(18)8-9-17(12)15-7-6-13-4-2-3-5-14(13)11-15/h2-11H,18H2,1H3. The van der Waals surface area contributed by atoms with Gasteiger partial charge >= 0.3 is 0 Å². The van der Waals surface area contributed by atoms with Crippen LogP contribution in [0.2, 0.25) is 0 Å².